The Morgan fingerprint density at radius 1 is 1.10 bits per heavy atom. The quantitative estimate of drug-likeness (QED) is 0.323. The summed E-state index contributed by atoms with van der Waals surface area (Å²) < 4.78 is 23.6. The lowest BCUT2D eigenvalue weighted by Crippen LogP contribution is -2.52. The second-order valence-corrected chi connectivity index (χ2v) is 8.22. The minimum Gasteiger partial charge on any atom is -0.472 e. The molecule has 0 saturated heterocycles. The summed E-state index contributed by atoms with van der Waals surface area (Å²) in [4.78, 5) is 0. The molecule has 0 radical (unpaired) electrons. The van der Waals surface area contributed by atoms with Gasteiger partial charge in [0.05, 0.1) is 6.26 Å². The minimum absolute atomic E-state index is 0.587. The van der Waals surface area contributed by atoms with E-state index in [4.69, 9.17) is 18.0 Å². The molecule has 0 bridgehead atoms. The van der Waals surface area contributed by atoms with Crippen molar-refractivity contribution in [3.05, 3.63) is 12.3 Å². The van der Waals surface area contributed by atoms with E-state index in [-0.39, 0.29) is 0 Å². The van der Waals surface area contributed by atoms with Gasteiger partial charge in [-0.05, 0) is 33.1 Å². The van der Waals surface area contributed by atoms with Crippen molar-refractivity contribution in [1.82, 2.24) is 0 Å². The van der Waals surface area contributed by atoms with Gasteiger partial charge in [-0.15, -0.1) is 0 Å². The molecule has 5 heteroatoms. The molecule has 0 aromatic heterocycles. The predicted octanol–water partition coefficient (Wildman–Crippen LogP) is 4.35. The first-order valence-electron chi connectivity index (χ1n) is 7.58. The molecule has 0 saturated carbocycles. The molecule has 0 fully saturated rings. The van der Waals surface area contributed by atoms with Crippen LogP contribution >= 0.6 is 0 Å². The van der Waals surface area contributed by atoms with Crippen LogP contribution in [0.5, 0.6) is 0 Å². The van der Waals surface area contributed by atoms with E-state index in [9.17, 15) is 0 Å². The Morgan fingerprint density at radius 3 is 2.05 bits per heavy atom. The average Bonchev–Trinajstić information content (AvgIpc) is 2.34. The lowest BCUT2D eigenvalue weighted by molar-refractivity contribution is -0.153. The van der Waals surface area contributed by atoms with E-state index in [1.54, 1.807) is 6.26 Å². The third kappa shape index (κ3) is 8.04. The van der Waals surface area contributed by atoms with Gasteiger partial charge in [0, 0.05) is 33.1 Å². The van der Waals surface area contributed by atoms with E-state index in [1.807, 2.05) is 40.7 Å². The first kappa shape index (κ1) is 19.6. The maximum atomic E-state index is 6.18. The van der Waals surface area contributed by atoms with Crippen LogP contribution in [0.25, 0.3) is 0 Å². The summed E-state index contributed by atoms with van der Waals surface area (Å²) >= 11 is 0. The summed E-state index contributed by atoms with van der Waals surface area (Å²) in [5.74, 6) is -0.161. The minimum atomic E-state index is -2.70. The van der Waals surface area contributed by atoms with Gasteiger partial charge >= 0.3 is 8.80 Å². The van der Waals surface area contributed by atoms with Crippen molar-refractivity contribution < 1.29 is 18.0 Å². The van der Waals surface area contributed by atoms with E-state index < -0.39 is 14.6 Å². The fourth-order valence-electron chi connectivity index (χ4n) is 1.83. The fourth-order valence-corrected chi connectivity index (χ4v) is 5.03. The zero-order chi connectivity index (χ0) is 15.6. The van der Waals surface area contributed by atoms with Crippen LogP contribution in [0.2, 0.25) is 6.04 Å². The third-order valence-electron chi connectivity index (χ3n) is 2.65. The molecule has 120 valence electrons. The summed E-state index contributed by atoms with van der Waals surface area (Å²) in [7, 11) is -2.70. The molecular formula is C15H32O4Si. The molecule has 0 aliphatic heterocycles. The van der Waals surface area contributed by atoms with E-state index in [0.29, 0.717) is 19.1 Å². The molecule has 20 heavy (non-hydrogen) atoms. The molecule has 0 spiro atoms. The summed E-state index contributed by atoms with van der Waals surface area (Å²) in [5, 5.41) is 0. The van der Waals surface area contributed by atoms with Crippen molar-refractivity contribution in [2.75, 3.05) is 13.2 Å². The largest absolute Gasteiger partial charge is 0.503 e. The van der Waals surface area contributed by atoms with Crippen molar-refractivity contribution in [1.29, 1.82) is 0 Å². The second-order valence-electron chi connectivity index (χ2n) is 5.57. The molecule has 0 aromatic carbocycles. The molecule has 4 nitrogen and oxygen atoms in total. The monoisotopic (exact) mass is 304 g/mol. The van der Waals surface area contributed by atoms with Crippen LogP contribution in [0, 0.1) is 5.92 Å². The van der Waals surface area contributed by atoms with Gasteiger partial charge in [0.25, 0.3) is 0 Å². The average molecular weight is 305 g/mol. The Bertz CT molecular complexity index is 271. The molecule has 0 rings (SSSR count). The molecule has 0 N–H and O–H groups in total. The maximum absolute atomic E-state index is 6.18. The van der Waals surface area contributed by atoms with E-state index >= 15 is 0 Å². The molecule has 0 aromatic rings. The molecule has 0 heterocycles. The Kier molecular flexibility index (Phi) is 9.38. The van der Waals surface area contributed by atoms with Gasteiger partial charge in [-0.2, -0.15) is 0 Å². The van der Waals surface area contributed by atoms with Crippen LogP contribution in [0.3, 0.4) is 0 Å². The molecule has 0 amide bonds. The van der Waals surface area contributed by atoms with Crippen LogP contribution in [0.1, 0.15) is 54.9 Å². The topological polar surface area (TPSA) is 36.9 Å². The van der Waals surface area contributed by atoms with Crippen LogP contribution in [-0.2, 0) is 18.0 Å². The Morgan fingerprint density at radius 2 is 1.65 bits per heavy atom. The van der Waals surface area contributed by atoms with Crippen LogP contribution in [-0.4, -0.2) is 27.8 Å². The van der Waals surface area contributed by atoms with Gasteiger partial charge in [0.2, 0.25) is 0 Å². The Labute approximate surface area is 125 Å². The third-order valence-corrected chi connectivity index (χ3v) is 5.81. The standard InChI is InChI=1S/C15H32O4Si/c1-8-12-16-15(6,7)19-20(17-9-2,18-10-3)13-11-14(4)5/h8,12,14H,9-11,13H2,1-7H3. The second kappa shape index (κ2) is 9.55. The van der Waals surface area contributed by atoms with E-state index in [0.717, 1.165) is 12.5 Å². The SMILES string of the molecule is CC=COC(C)(C)O[Si](CCC(C)C)(OCC)OCC. The zero-order valence-electron chi connectivity index (χ0n) is 14.2. The predicted molar refractivity (Wildman–Crippen MR) is 84.3 cm³/mol. The Balaban J connectivity index is 4.95. The summed E-state index contributed by atoms with van der Waals surface area (Å²) in [5.41, 5.74) is 0. The number of hydrogen-bond acceptors (Lipinski definition) is 4. The highest BCUT2D eigenvalue weighted by Crippen LogP contribution is 2.27. The smallest absolute Gasteiger partial charge is 0.472 e. The van der Waals surface area contributed by atoms with Crippen molar-refractivity contribution in [3.63, 3.8) is 0 Å². The summed E-state index contributed by atoms with van der Waals surface area (Å²) in [6, 6.07) is 0.814. The molecular weight excluding hydrogens is 272 g/mol. The molecule has 0 unspecified atom stereocenters. The van der Waals surface area contributed by atoms with Crippen LogP contribution < -0.4 is 0 Å². The number of rotatable bonds is 11. The highest BCUT2D eigenvalue weighted by Gasteiger charge is 2.45. The lowest BCUT2D eigenvalue weighted by Gasteiger charge is -2.36. The van der Waals surface area contributed by atoms with E-state index in [2.05, 4.69) is 13.8 Å². The number of hydrogen-bond donors (Lipinski definition) is 0. The number of allylic oxidation sites excluding steroid dienone is 1. The van der Waals surface area contributed by atoms with Crippen molar-refractivity contribution >= 4 is 8.80 Å². The van der Waals surface area contributed by atoms with Crippen LogP contribution in [0.15, 0.2) is 12.3 Å². The highest BCUT2D eigenvalue weighted by molar-refractivity contribution is 6.60. The summed E-state index contributed by atoms with van der Waals surface area (Å²) in [6.07, 6.45) is 4.50. The van der Waals surface area contributed by atoms with Gasteiger partial charge in [0.1, 0.15) is 0 Å². The highest BCUT2D eigenvalue weighted by atomic mass is 28.4. The van der Waals surface area contributed by atoms with Crippen molar-refractivity contribution in [2.45, 2.75) is 66.7 Å². The van der Waals surface area contributed by atoms with Gasteiger partial charge in [-0.25, -0.2) is 0 Å². The molecule has 0 atom stereocenters. The van der Waals surface area contributed by atoms with Gasteiger partial charge in [-0.1, -0.05) is 19.9 Å². The maximum Gasteiger partial charge on any atom is 0.503 e. The van der Waals surface area contributed by atoms with E-state index in [1.165, 1.54) is 0 Å². The Hall–Kier alpha value is -0.363. The first-order chi connectivity index (χ1) is 9.31. The number of ether oxygens (including phenoxy) is 1. The lowest BCUT2D eigenvalue weighted by atomic mass is 10.2. The van der Waals surface area contributed by atoms with Crippen LogP contribution in [0.4, 0.5) is 0 Å². The van der Waals surface area contributed by atoms with Gasteiger partial charge < -0.3 is 18.0 Å². The first-order valence-corrected chi connectivity index (χ1v) is 9.51. The van der Waals surface area contributed by atoms with Crippen molar-refractivity contribution in [3.8, 4) is 0 Å². The zero-order valence-corrected chi connectivity index (χ0v) is 15.2. The normalized spacial score (nSPS) is 13.4. The van der Waals surface area contributed by atoms with Crippen molar-refractivity contribution in [2.24, 2.45) is 5.92 Å². The molecule has 0 aliphatic rings. The molecule has 0 aliphatic carbocycles. The fraction of sp³-hybridized carbons (Fsp3) is 0.867. The van der Waals surface area contributed by atoms with Gasteiger partial charge in [-0.3, -0.25) is 0 Å². The summed E-state index contributed by atoms with van der Waals surface area (Å²) in [6.45, 7) is 15.2. The van der Waals surface area contributed by atoms with Gasteiger partial charge in [0.15, 0.2) is 5.79 Å².